The van der Waals surface area contributed by atoms with E-state index in [1.165, 1.54) is 29.0 Å². The van der Waals surface area contributed by atoms with Crippen molar-refractivity contribution in [2.45, 2.75) is 59.0 Å². The smallest absolute Gasteiger partial charge is 0.0388 e. The lowest BCUT2D eigenvalue weighted by atomic mass is 9.79. The minimum atomic E-state index is 0.513. The number of hydrogen-bond donors (Lipinski definition) is 1. The van der Waals surface area contributed by atoms with Gasteiger partial charge in [0.25, 0.3) is 0 Å². The predicted octanol–water partition coefficient (Wildman–Crippen LogP) is 4.53. The molecule has 96 valence electrons. The SMILES string of the molecule is Cc1ccc(C(C)NC2CCC(C)C(C)C2)s1. The van der Waals surface area contributed by atoms with Gasteiger partial charge in [0.15, 0.2) is 0 Å². The van der Waals surface area contributed by atoms with Gasteiger partial charge >= 0.3 is 0 Å². The van der Waals surface area contributed by atoms with Crippen LogP contribution in [0.15, 0.2) is 12.1 Å². The number of hydrogen-bond acceptors (Lipinski definition) is 2. The van der Waals surface area contributed by atoms with E-state index >= 15 is 0 Å². The first-order valence-corrected chi connectivity index (χ1v) is 7.70. The molecule has 1 N–H and O–H groups in total. The van der Waals surface area contributed by atoms with Crippen molar-refractivity contribution in [3.05, 3.63) is 21.9 Å². The maximum Gasteiger partial charge on any atom is 0.0388 e. The average molecular weight is 251 g/mol. The number of nitrogens with one attached hydrogen (secondary N) is 1. The molecule has 0 aliphatic heterocycles. The van der Waals surface area contributed by atoms with Gasteiger partial charge in [-0.3, -0.25) is 0 Å². The molecule has 0 radical (unpaired) electrons. The van der Waals surface area contributed by atoms with Gasteiger partial charge < -0.3 is 5.32 Å². The van der Waals surface area contributed by atoms with Crippen LogP contribution < -0.4 is 5.32 Å². The molecule has 1 heterocycles. The van der Waals surface area contributed by atoms with E-state index in [1.807, 2.05) is 11.3 Å². The molecular weight excluding hydrogens is 226 g/mol. The highest BCUT2D eigenvalue weighted by Crippen LogP contribution is 2.31. The van der Waals surface area contributed by atoms with Crippen LogP contribution in [0.2, 0.25) is 0 Å². The molecule has 4 atom stereocenters. The van der Waals surface area contributed by atoms with E-state index in [4.69, 9.17) is 0 Å². The van der Waals surface area contributed by atoms with Crippen LogP contribution in [-0.2, 0) is 0 Å². The molecule has 0 saturated heterocycles. The molecule has 1 aliphatic rings. The Morgan fingerprint density at radius 3 is 2.59 bits per heavy atom. The van der Waals surface area contributed by atoms with E-state index in [2.05, 4.69) is 45.1 Å². The molecule has 0 aromatic carbocycles. The molecule has 1 fully saturated rings. The normalized spacial score (nSPS) is 31.4. The van der Waals surface area contributed by atoms with Crippen LogP contribution >= 0.6 is 11.3 Å². The summed E-state index contributed by atoms with van der Waals surface area (Å²) in [4.78, 5) is 2.90. The highest BCUT2D eigenvalue weighted by molar-refractivity contribution is 7.12. The Hall–Kier alpha value is -0.340. The van der Waals surface area contributed by atoms with E-state index in [0.717, 1.165) is 17.9 Å². The zero-order chi connectivity index (χ0) is 12.4. The molecule has 1 aliphatic carbocycles. The van der Waals surface area contributed by atoms with Crippen molar-refractivity contribution in [1.82, 2.24) is 5.32 Å². The molecule has 1 aromatic rings. The number of thiophene rings is 1. The largest absolute Gasteiger partial charge is 0.307 e. The Balaban J connectivity index is 1.89. The van der Waals surface area contributed by atoms with Crippen LogP contribution in [0.3, 0.4) is 0 Å². The van der Waals surface area contributed by atoms with E-state index in [-0.39, 0.29) is 0 Å². The summed E-state index contributed by atoms with van der Waals surface area (Å²) in [7, 11) is 0. The molecule has 0 amide bonds. The Kier molecular flexibility index (Phi) is 4.26. The summed E-state index contributed by atoms with van der Waals surface area (Å²) in [5.74, 6) is 1.78. The second-order valence-electron chi connectivity index (χ2n) is 5.80. The Labute approximate surface area is 110 Å². The van der Waals surface area contributed by atoms with Gasteiger partial charge in [-0.2, -0.15) is 0 Å². The quantitative estimate of drug-likeness (QED) is 0.832. The van der Waals surface area contributed by atoms with Gasteiger partial charge in [0.1, 0.15) is 0 Å². The summed E-state index contributed by atoms with van der Waals surface area (Å²) in [5, 5.41) is 3.81. The van der Waals surface area contributed by atoms with E-state index in [0.29, 0.717) is 6.04 Å². The predicted molar refractivity (Wildman–Crippen MR) is 76.6 cm³/mol. The lowest BCUT2D eigenvalue weighted by Crippen LogP contribution is -2.37. The molecule has 2 rings (SSSR count). The highest BCUT2D eigenvalue weighted by Gasteiger charge is 2.25. The third-order valence-electron chi connectivity index (χ3n) is 4.27. The summed E-state index contributed by atoms with van der Waals surface area (Å²) in [6.07, 6.45) is 4.07. The van der Waals surface area contributed by atoms with Crippen molar-refractivity contribution < 1.29 is 0 Å². The topological polar surface area (TPSA) is 12.0 Å². The summed E-state index contributed by atoms with van der Waals surface area (Å²) >= 11 is 1.92. The van der Waals surface area contributed by atoms with Crippen molar-refractivity contribution in [3.63, 3.8) is 0 Å². The molecule has 1 aromatic heterocycles. The molecular formula is C15H25NS. The van der Waals surface area contributed by atoms with Gasteiger partial charge in [-0.25, -0.2) is 0 Å². The van der Waals surface area contributed by atoms with E-state index < -0.39 is 0 Å². The summed E-state index contributed by atoms with van der Waals surface area (Å²) in [6.45, 7) is 9.28. The monoisotopic (exact) mass is 251 g/mol. The highest BCUT2D eigenvalue weighted by atomic mass is 32.1. The third-order valence-corrected chi connectivity index (χ3v) is 5.46. The Morgan fingerprint density at radius 1 is 1.24 bits per heavy atom. The van der Waals surface area contributed by atoms with Gasteiger partial charge in [0.2, 0.25) is 0 Å². The standard InChI is InChI=1S/C15H25NS/c1-10-5-7-14(9-11(10)2)16-13(4)15-8-6-12(3)17-15/h6,8,10-11,13-14,16H,5,7,9H2,1-4H3. The van der Waals surface area contributed by atoms with Crippen molar-refractivity contribution >= 4 is 11.3 Å². The number of rotatable bonds is 3. The van der Waals surface area contributed by atoms with Gasteiger partial charge in [-0.15, -0.1) is 11.3 Å². The minimum absolute atomic E-state index is 0.513. The molecule has 17 heavy (non-hydrogen) atoms. The van der Waals surface area contributed by atoms with Crippen LogP contribution in [0.1, 0.15) is 55.8 Å². The van der Waals surface area contributed by atoms with Crippen molar-refractivity contribution in [1.29, 1.82) is 0 Å². The maximum absolute atomic E-state index is 3.81. The summed E-state index contributed by atoms with van der Waals surface area (Å²) < 4.78 is 0. The molecule has 1 saturated carbocycles. The van der Waals surface area contributed by atoms with Crippen LogP contribution in [0.5, 0.6) is 0 Å². The second-order valence-corrected chi connectivity index (χ2v) is 7.12. The molecule has 1 nitrogen and oxygen atoms in total. The first-order valence-electron chi connectivity index (χ1n) is 6.88. The fraction of sp³-hybridized carbons (Fsp3) is 0.733. The maximum atomic E-state index is 3.81. The third kappa shape index (κ3) is 3.32. The fourth-order valence-corrected chi connectivity index (χ4v) is 3.71. The van der Waals surface area contributed by atoms with E-state index in [9.17, 15) is 0 Å². The lowest BCUT2D eigenvalue weighted by molar-refractivity contribution is 0.218. The second kappa shape index (κ2) is 5.53. The Bertz CT molecular complexity index is 358. The number of aryl methyl sites for hydroxylation is 1. The molecule has 4 unspecified atom stereocenters. The molecule has 0 spiro atoms. The molecule has 0 bridgehead atoms. The van der Waals surface area contributed by atoms with Crippen LogP contribution in [-0.4, -0.2) is 6.04 Å². The summed E-state index contributed by atoms with van der Waals surface area (Å²) in [6, 6.07) is 5.73. The fourth-order valence-electron chi connectivity index (χ4n) is 2.82. The van der Waals surface area contributed by atoms with Crippen LogP contribution in [0, 0.1) is 18.8 Å². The van der Waals surface area contributed by atoms with Gasteiger partial charge in [-0.05, 0) is 57.1 Å². The van der Waals surface area contributed by atoms with E-state index in [1.54, 1.807) is 0 Å². The van der Waals surface area contributed by atoms with Crippen molar-refractivity contribution in [2.75, 3.05) is 0 Å². The van der Waals surface area contributed by atoms with Crippen LogP contribution in [0.4, 0.5) is 0 Å². The zero-order valence-corrected chi connectivity index (χ0v) is 12.3. The van der Waals surface area contributed by atoms with Crippen molar-refractivity contribution in [3.8, 4) is 0 Å². The first-order chi connectivity index (χ1) is 8.06. The van der Waals surface area contributed by atoms with Crippen LogP contribution in [0.25, 0.3) is 0 Å². The van der Waals surface area contributed by atoms with Crippen molar-refractivity contribution in [2.24, 2.45) is 11.8 Å². The Morgan fingerprint density at radius 2 is 2.00 bits per heavy atom. The average Bonchev–Trinajstić information content (AvgIpc) is 2.70. The lowest BCUT2D eigenvalue weighted by Gasteiger charge is -2.34. The first kappa shape index (κ1) is 13.1. The van der Waals surface area contributed by atoms with Gasteiger partial charge in [0, 0.05) is 21.8 Å². The van der Waals surface area contributed by atoms with Gasteiger partial charge in [0.05, 0.1) is 0 Å². The summed E-state index contributed by atoms with van der Waals surface area (Å²) in [5.41, 5.74) is 0. The molecule has 2 heteroatoms. The van der Waals surface area contributed by atoms with Gasteiger partial charge in [-0.1, -0.05) is 13.8 Å². The zero-order valence-electron chi connectivity index (χ0n) is 11.5. The minimum Gasteiger partial charge on any atom is -0.307 e.